The average molecular weight is 450 g/mol. The SMILES string of the molecule is CN(C)C(=O)c1ccc(NC(=O)CN(C)c2c(N)n(Cc3ccccc3)c(=O)[nH]c2=O)cc1. The maximum atomic E-state index is 12.5. The van der Waals surface area contributed by atoms with Crippen LogP contribution >= 0.6 is 0 Å². The molecule has 0 radical (unpaired) electrons. The zero-order valence-corrected chi connectivity index (χ0v) is 18.7. The zero-order valence-electron chi connectivity index (χ0n) is 18.7. The third-order valence-electron chi connectivity index (χ3n) is 4.98. The number of aromatic amines is 1. The highest BCUT2D eigenvalue weighted by Gasteiger charge is 2.18. The van der Waals surface area contributed by atoms with Gasteiger partial charge in [0.05, 0.1) is 13.1 Å². The van der Waals surface area contributed by atoms with Crippen LogP contribution < -0.4 is 27.2 Å². The van der Waals surface area contributed by atoms with E-state index in [9.17, 15) is 19.2 Å². The highest BCUT2D eigenvalue weighted by Crippen LogP contribution is 2.17. The summed E-state index contributed by atoms with van der Waals surface area (Å²) in [4.78, 5) is 54.4. The number of hydrogen-bond donors (Lipinski definition) is 3. The van der Waals surface area contributed by atoms with E-state index < -0.39 is 17.2 Å². The standard InChI is InChI=1S/C23H26N6O4/c1-27(2)22(32)16-9-11-17(12-10-16)25-18(30)14-28(3)19-20(24)29(23(33)26-21(19)31)13-15-7-5-4-6-8-15/h4-12H,13-14,24H2,1-3H3,(H,25,30)(H,26,31,33). The van der Waals surface area contributed by atoms with Crippen molar-refractivity contribution in [2.75, 3.05) is 43.6 Å². The summed E-state index contributed by atoms with van der Waals surface area (Å²) in [5, 5.41) is 2.72. The van der Waals surface area contributed by atoms with E-state index in [1.165, 1.54) is 21.4 Å². The van der Waals surface area contributed by atoms with Gasteiger partial charge in [-0.15, -0.1) is 0 Å². The first-order valence-corrected chi connectivity index (χ1v) is 10.2. The minimum atomic E-state index is -0.677. The molecule has 1 heterocycles. The van der Waals surface area contributed by atoms with Gasteiger partial charge < -0.3 is 20.9 Å². The van der Waals surface area contributed by atoms with Gasteiger partial charge in [-0.1, -0.05) is 30.3 Å². The Morgan fingerprint density at radius 1 is 1.00 bits per heavy atom. The molecule has 0 saturated heterocycles. The molecule has 3 aromatic rings. The molecule has 0 atom stereocenters. The van der Waals surface area contributed by atoms with Crippen molar-refractivity contribution in [3.05, 3.63) is 86.6 Å². The number of benzene rings is 2. The van der Waals surface area contributed by atoms with E-state index in [0.29, 0.717) is 11.3 Å². The molecule has 1 aromatic heterocycles. The van der Waals surface area contributed by atoms with E-state index >= 15 is 0 Å². The van der Waals surface area contributed by atoms with Crippen molar-refractivity contribution < 1.29 is 9.59 Å². The Hall–Kier alpha value is -4.34. The van der Waals surface area contributed by atoms with Gasteiger partial charge in [-0.25, -0.2) is 4.79 Å². The first-order chi connectivity index (χ1) is 15.7. The van der Waals surface area contributed by atoms with Crippen molar-refractivity contribution in [3.63, 3.8) is 0 Å². The molecule has 0 saturated carbocycles. The summed E-state index contributed by atoms with van der Waals surface area (Å²) in [6, 6.07) is 15.7. The summed E-state index contributed by atoms with van der Waals surface area (Å²) < 4.78 is 1.25. The molecular weight excluding hydrogens is 424 g/mol. The molecule has 10 heteroatoms. The Bertz CT molecular complexity index is 1260. The quantitative estimate of drug-likeness (QED) is 0.491. The molecule has 2 aromatic carbocycles. The zero-order chi connectivity index (χ0) is 24.1. The van der Waals surface area contributed by atoms with E-state index in [1.807, 2.05) is 30.3 Å². The summed E-state index contributed by atoms with van der Waals surface area (Å²) >= 11 is 0. The van der Waals surface area contributed by atoms with Gasteiger partial charge in [-0.2, -0.15) is 0 Å². The molecule has 0 unspecified atom stereocenters. The Balaban J connectivity index is 1.75. The molecule has 0 aliphatic heterocycles. The summed E-state index contributed by atoms with van der Waals surface area (Å²) in [6.45, 7) is -0.0114. The van der Waals surface area contributed by atoms with Crippen LogP contribution in [0.3, 0.4) is 0 Å². The predicted octanol–water partition coefficient (Wildman–Crippen LogP) is 0.944. The lowest BCUT2D eigenvalue weighted by Crippen LogP contribution is -2.39. The smallest absolute Gasteiger partial charge is 0.330 e. The van der Waals surface area contributed by atoms with Gasteiger partial charge in [-0.05, 0) is 29.8 Å². The van der Waals surface area contributed by atoms with Gasteiger partial charge in [0.2, 0.25) is 5.91 Å². The molecule has 0 aliphatic rings. The average Bonchev–Trinajstić information content (AvgIpc) is 2.77. The van der Waals surface area contributed by atoms with Crippen molar-refractivity contribution in [2.45, 2.75) is 6.54 Å². The van der Waals surface area contributed by atoms with Crippen molar-refractivity contribution in [1.82, 2.24) is 14.5 Å². The van der Waals surface area contributed by atoms with Crippen molar-refractivity contribution in [2.24, 2.45) is 0 Å². The molecule has 3 rings (SSSR count). The van der Waals surface area contributed by atoms with Crippen LogP contribution in [-0.2, 0) is 11.3 Å². The first-order valence-electron chi connectivity index (χ1n) is 10.2. The summed E-state index contributed by atoms with van der Waals surface area (Å²) in [5.74, 6) is -0.578. The molecule has 0 spiro atoms. The van der Waals surface area contributed by atoms with Gasteiger partial charge in [0.15, 0.2) is 0 Å². The van der Waals surface area contributed by atoms with Crippen LogP contribution in [-0.4, -0.2) is 54.0 Å². The van der Waals surface area contributed by atoms with Crippen molar-refractivity contribution in [1.29, 1.82) is 0 Å². The summed E-state index contributed by atoms with van der Waals surface area (Å²) in [7, 11) is 4.85. The number of nitrogens with one attached hydrogen (secondary N) is 2. The monoisotopic (exact) mass is 450 g/mol. The molecular formula is C23H26N6O4. The molecule has 2 amide bonds. The number of anilines is 3. The van der Waals surface area contributed by atoms with E-state index in [0.717, 1.165) is 5.56 Å². The lowest BCUT2D eigenvalue weighted by Gasteiger charge is -2.21. The minimum absolute atomic E-state index is 0.0209. The normalized spacial score (nSPS) is 10.5. The van der Waals surface area contributed by atoms with Crippen LogP contribution in [0.25, 0.3) is 0 Å². The third kappa shape index (κ3) is 5.48. The number of nitrogens with zero attached hydrogens (tertiary/aromatic N) is 3. The first kappa shape index (κ1) is 23.3. The number of rotatable bonds is 7. The highest BCUT2D eigenvalue weighted by molar-refractivity contribution is 5.96. The number of H-pyrrole nitrogens is 1. The molecule has 0 bridgehead atoms. The maximum Gasteiger partial charge on any atom is 0.330 e. The highest BCUT2D eigenvalue weighted by atomic mass is 16.2. The number of nitrogens with two attached hydrogens (primary N) is 1. The lowest BCUT2D eigenvalue weighted by atomic mass is 10.2. The Morgan fingerprint density at radius 3 is 2.24 bits per heavy atom. The number of carbonyl (C=O) groups is 2. The molecule has 172 valence electrons. The van der Waals surface area contributed by atoms with E-state index in [1.54, 1.807) is 38.4 Å². The van der Waals surface area contributed by atoms with Crippen molar-refractivity contribution in [3.8, 4) is 0 Å². The molecule has 10 nitrogen and oxygen atoms in total. The van der Waals surface area contributed by atoms with Gasteiger partial charge in [0, 0.05) is 32.4 Å². The van der Waals surface area contributed by atoms with E-state index in [4.69, 9.17) is 5.73 Å². The summed E-state index contributed by atoms with van der Waals surface area (Å²) in [6.07, 6.45) is 0. The number of amides is 2. The molecule has 4 N–H and O–H groups in total. The molecule has 0 fully saturated rings. The van der Waals surface area contributed by atoms with Crippen LogP contribution in [0.15, 0.2) is 64.2 Å². The Labute approximate surface area is 190 Å². The number of nitrogen functional groups attached to an aromatic ring is 1. The van der Waals surface area contributed by atoms with E-state index in [2.05, 4.69) is 10.3 Å². The second-order valence-electron chi connectivity index (χ2n) is 7.75. The van der Waals surface area contributed by atoms with Crippen LogP contribution in [0.1, 0.15) is 15.9 Å². The number of hydrogen-bond acceptors (Lipinski definition) is 6. The maximum absolute atomic E-state index is 12.5. The Morgan fingerprint density at radius 2 is 1.64 bits per heavy atom. The number of aromatic nitrogens is 2. The summed E-state index contributed by atoms with van der Waals surface area (Å²) in [5.41, 5.74) is 6.71. The largest absolute Gasteiger partial charge is 0.383 e. The minimum Gasteiger partial charge on any atom is -0.383 e. The molecule has 33 heavy (non-hydrogen) atoms. The number of likely N-dealkylation sites (N-methyl/N-ethyl adjacent to an activating group) is 1. The topological polar surface area (TPSA) is 134 Å². The Kier molecular flexibility index (Phi) is 6.97. The van der Waals surface area contributed by atoms with Gasteiger partial charge in [-0.3, -0.25) is 23.9 Å². The predicted molar refractivity (Wildman–Crippen MR) is 128 cm³/mol. The fraction of sp³-hybridized carbons (Fsp3) is 0.217. The van der Waals surface area contributed by atoms with E-state index in [-0.39, 0.29) is 30.5 Å². The van der Waals surface area contributed by atoms with Gasteiger partial charge in [0.25, 0.3) is 11.5 Å². The van der Waals surface area contributed by atoms with Crippen LogP contribution in [0.2, 0.25) is 0 Å². The lowest BCUT2D eigenvalue weighted by molar-refractivity contribution is -0.114. The second kappa shape index (κ2) is 9.86. The van der Waals surface area contributed by atoms with Crippen molar-refractivity contribution >= 4 is 29.0 Å². The van der Waals surface area contributed by atoms with Crippen LogP contribution in [0, 0.1) is 0 Å². The van der Waals surface area contributed by atoms with Crippen LogP contribution in [0.5, 0.6) is 0 Å². The third-order valence-corrected chi connectivity index (χ3v) is 4.98. The number of carbonyl (C=O) groups excluding carboxylic acids is 2. The van der Waals surface area contributed by atoms with Crippen LogP contribution in [0.4, 0.5) is 17.2 Å². The van der Waals surface area contributed by atoms with Gasteiger partial charge >= 0.3 is 5.69 Å². The second-order valence-corrected chi connectivity index (χ2v) is 7.75. The molecule has 0 aliphatic carbocycles. The fourth-order valence-electron chi connectivity index (χ4n) is 3.32. The fourth-order valence-corrected chi connectivity index (χ4v) is 3.32. The van der Waals surface area contributed by atoms with Gasteiger partial charge in [0.1, 0.15) is 11.5 Å².